The number of hydrogen-bond acceptors (Lipinski definition) is 2. The summed E-state index contributed by atoms with van der Waals surface area (Å²) >= 11 is 3.37. The fourth-order valence-corrected chi connectivity index (χ4v) is 2.21. The summed E-state index contributed by atoms with van der Waals surface area (Å²) in [4.78, 5) is 10.8. The van der Waals surface area contributed by atoms with Crippen molar-refractivity contribution in [2.75, 3.05) is 0 Å². The normalized spacial score (nSPS) is 10.4. The number of aliphatic carboxylic acids is 1. The van der Waals surface area contributed by atoms with Gasteiger partial charge in [0.1, 0.15) is 6.54 Å². The lowest BCUT2D eigenvalue weighted by Crippen LogP contribution is -2.07. The van der Waals surface area contributed by atoms with E-state index in [1.54, 1.807) is 10.8 Å². The summed E-state index contributed by atoms with van der Waals surface area (Å²) in [7, 11) is 0. The quantitative estimate of drug-likeness (QED) is 0.945. The van der Waals surface area contributed by atoms with E-state index in [0.29, 0.717) is 0 Å². The Kier molecular flexibility index (Phi) is 3.16. The average molecular weight is 293 g/mol. The number of carbonyl (C=O) groups is 1. The van der Waals surface area contributed by atoms with Gasteiger partial charge in [-0.15, -0.1) is 0 Å². The van der Waals surface area contributed by atoms with Crippen LogP contribution < -0.4 is 0 Å². The topological polar surface area (TPSA) is 66.0 Å². The van der Waals surface area contributed by atoms with Crippen molar-refractivity contribution in [2.45, 2.75) is 13.0 Å². The summed E-state index contributed by atoms with van der Waals surface area (Å²) in [6.45, 7) is -0.0937. The molecule has 0 bridgehead atoms. The number of halogens is 1. The Morgan fingerprint density at radius 2 is 2.29 bits per heavy atom. The molecule has 2 rings (SSSR count). The molecule has 0 spiro atoms. The van der Waals surface area contributed by atoms with Crippen molar-refractivity contribution >= 4 is 32.8 Å². The van der Waals surface area contributed by atoms with E-state index < -0.39 is 5.97 Å². The molecule has 1 aromatic carbocycles. The highest BCUT2D eigenvalue weighted by Crippen LogP contribution is 2.25. The van der Waals surface area contributed by atoms with Crippen molar-refractivity contribution < 1.29 is 9.90 Å². The highest BCUT2D eigenvalue weighted by atomic mass is 79.9. The number of carboxylic acids is 1. The number of benzene rings is 1. The summed E-state index contributed by atoms with van der Waals surface area (Å²) in [6.07, 6.45) is 2.01. The molecule has 86 valence electrons. The first kappa shape index (κ1) is 11.7. The third kappa shape index (κ3) is 2.32. The molecule has 0 saturated heterocycles. The van der Waals surface area contributed by atoms with Gasteiger partial charge >= 0.3 is 5.97 Å². The van der Waals surface area contributed by atoms with Crippen molar-refractivity contribution in [1.82, 2.24) is 4.57 Å². The standard InChI is InChI=1S/C12H9BrN2O2/c13-9-1-2-11-10(5-9)8(3-4-14)6-15(11)7-12(16)17/h1-2,5-6H,3,7H2,(H,16,17). The molecule has 4 nitrogen and oxygen atoms in total. The molecule has 0 saturated carbocycles. The monoisotopic (exact) mass is 292 g/mol. The maximum atomic E-state index is 10.8. The minimum Gasteiger partial charge on any atom is -0.480 e. The van der Waals surface area contributed by atoms with E-state index in [0.717, 1.165) is 20.9 Å². The van der Waals surface area contributed by atoms with Crippen LogP contribution in [0.25, 0.3) is 10.9 Å². The maximum Gasteiger partial charge on any atom is 0.323 e. The van der Waals surface area contributed by atoms with Crippen LogP contribution in [-0.2, 0) is 17.8 Å². The van der Waals surface area contributed by atoms with Gasteiger partial charge in [-0.1, -0.05) is 15.9 Å². The van der Waals surface area contributed by atoms with E-state index in [4.69, 9.17) is 10.4 Å². The van der Waals surface area contributed by atoms with Crippen LogP contribution in [0.15, 0.2) is 28.9 Å². The maximum absolute atomic E-state index is 10.8. The van der Waals surface area contributed by atoms with Crippen LogP contribution in [0.2, 0.25) is 0 Å². The van der Waals surface area contributed by atoms with Gasteiger partial charge in [-0.25, -0.2) is 0 Å². The molecule has 0 atom stereocenters. The predicted molar refractivity (Wildman–Crippen MR) is 66.6 cm³/mol. The van der Waals surface area contributed by atoms with Gasteiger partial charge in [0.2, 0.25) is 0 Å². The number of fused-ring (bicyclic) bond motifs is 1. The summed E-state index contributed by atoms with van der Waals surface area (Å²) in [5, 5.41) is 18.5. The number of carboxylic acid groups (broad SMARTS) is 1. The molecule has 0 unspecified atom stereocenters. The predicted octanol–water partition coefficient (Wildman–Crippen LogP) is 2.55. The summed E-state index contributed by atoms with van der Waals surface area (Å²) in [5.41, 5.74) is 1.69. The first-order valence-corrected chi connectivity index (χ1v) is 5.77. The lowest BCUT2D eigenvalue weighted by molar-refractivity contribution is -0.137. The average Bonchev–Trinajstić information content (AvgIpc) is 2.56. The highest BCUT2D eigenvalue weighted by Gasteiger charge is 2.10. The van der Waals surface area contributed by atoms with Crippen LogP contribution in [-0.4, -0.2) is 15.6 Å². The van der Waals surface area contributed by atoms with Crippen LogP contribution >= 0.6 is 15.9 Å². The summed E-state index contributed by atoms with van der Waals surface area (Å²) < 4.78 is 2.56. The Hall–Kier alpha value is -1.80. The number of aromatic nitrogens is 1. The second kappa shape index (κ2) is 4.60. The van der Waals surface area contributed by atoms with Gasteiger partial charge in [-0.2, -0.15) is 5.26 Å². The van der Waals surface area contributed by atoms with Gasteiger partial charge in [0.05, 0.1) is 12.5 Å². The fraction of sp³-hybridized carbons (Fsp3) is 0.167. The van der Waals surface area contributed by atoms with Crippen molar-refractivity contribution in [3.05, 3.63) is 34.4 Å². The van der Waals surface area contributed by atoms with Gasteiger partial charge in [0, 0.05) is 21.6 Å². The zero-order valence-corrected chi connectivity index (χ0v) is 10.4. The Labute approximate surface area is 106 Å². The van der Waals surface area contributed by atoms with Gasteiger partial charge < -0.3 is 9.67 Å². The zero-order chi connectivity index (χ0) is 12.4. The molecule has 0 aliphatic rings. The Morgan fingerprint density at radius 1 is 1.53 bits per heavy atom. The van der Waals surface area contributed by atoms with Gasteiger partial charge in [-0.05, 0) is 23.8 Å². The van der Waals surface area contributed by atoms with Gasteiger partial charge in [0.15, 0.2) is 0 Å². The van der Waals surface area contributed by atoms with E-state index in [2.05, 4.69) is 22.0 Å². The SMILES string of the molecule is N#CCc1cn(CC(=O)O)c2ccc(Br)cc12. The molecule has 1 N–H and O–H groups in total. The molecule has 0 fully saturated rings. The number of nitriles is 1. The van der Waals surface area contributed by atoms with Crippen LogP contribution in [0, 0.1) is 11.3 Å². The molecule has 5 heteroatoms. The number of hydrogen-bond donors (Lipinski definition) is 1. The minimum absolute atomic E-state index is 0.0937. The Bertz CT molecular complexity index is 625. The molecule has 0 aliphatic carbocycles. The van der Waals surface area contributed by atoms with Crippen molar-refractivity contribution in [3.63, 3.8) is 0 Å². The third-order valence-electron chi connectivity index (χ3n) is 2.50. The van der Waals surface area contributed by atoms with Crippen LogP contribution in [0.5, 0.6) is 0 Å². The van der Waals surface area contributed by atoms with Crippen LogP contribution in [0.4, 0.5) is 0 Å². The fourth-order valence-electron chi connectivity index (χ4n) is 1.85. The highest BCUT2D eigenvalue weighted by molar-refractivity contribution is 9.10. The molecule has 2 aromatic rings. The van der Waals surface area contributed by atoms with E-state index in [1.165, 1.54) is 0 Å². The van der Waals surface area contributed by atoms with Gasteiger partial charge in [-0.3, -0.25) is 4.79 Å². The van der Waals surface area contributed by atoms with Crippen molar-refractivity contribution in [2.24, 2.45) is 0 Å². The van der Waals surface area contributed by atoms with Crippen molar-refractivity contribution in [3.8, 4) is 6.07 Å². The second-order valence-electron chi connectivity index (χ2n) is 3.67. The lowest BCUT2D eigenvalue weighted by atomic mass is 10.1. The molecule has 1 aromatic heterocycles. The third-order valence-corrected chi connectivity index (χ3v) is 2.99. The smallest absolute Gasteiger partial charge is 0.323 e. The molecule has 0 amide bonds. The lowest BCUT2D eigenvalue weighted by Gasteiger charge is -2.00. The molecule has 1 heterocycles. The first-order chi connectivity index (χ1) is 8.11. The zero-order valence-electron chi connectivity index (χ0n) is 8.85. The number of rotatable bonds is 3. The van der Waals surface area contributed by atoms with E-state index in [1.807, 2.05) is 18.2 Å². The minimum atomic E-state index is -0.895. The Balaban J connectivity index is 2.62. The van der Waals surface area contributed by atoms with E-state index in [9.17, 15) is 4.79 Å². The Morgan fingerprint density at radius 3 is 2.94 bits per heavy atom. The van der Waals surface area contributed by atoms with Crippen LogP contribution in [0.3, 0.4) is 0 Å². The molecule has 0 radical (unpaired) electrons. The van der Waals surface area contributed by atoms with Gasteiger partial charge in [0.25, 0.3) is 0 Å². The first-order valence-electron chi connectivity index (χ1n) is 4.98. The molecular weight excluding hydrogens is 284 g/mol. The molecular formula is C12H9BrN2O2. The number of nitrogens with zero attached hydrogens (tertiary/aromatic N) is 2. The van der Waals surface area contributed by atoms with E-state index in [-0.39, 0.29) is 13.0 Å². The van der Waals surface area contributed by atoms with E-state index >= 15 is 0 Å². The van der Waals surface area contributed by atoms with Crippen molar-refractivity contribution in [1.29, 1.82) is 5.26 Å². The van der Waals surface area contributed by atoms with Crippen LogP contribution in [0.1, 0.15) is 5.56 Å². The molecule has 0 aliphatic heterocycles. The summed E-state index contributed by atoms with van der Waals surface area (Å²) in [5.74, 6) is -0.895. The largest absolute Gasteiger partial charge is 0.480 e. The summed E-state index contributed by atoms with van der Waals surface area (Å²) in [6, 6.07) is 7.70. The molecule has 17 heavy (non-hydrogen) atoms. The second-order valence-corrected chi connectivity index (χ2v) is 4.59.